The van der Waals surface area contributed by atoms with E-state index in [2.05, 4.69) is 15.5 Å². The number of furan rings is 1. The van der Waals surface area contributed by atoms with Crippen molar-refractivity contribution in [1.29, 1.82) is 0 Å². The van der Waals surface area contributed by atoms with Crippen LogP contribution in [0.4, 0.5) is 5.69 Å². The van der Waals surface area contributed by atoms with Crippen LogP contribution in [0.5, 0.6) is 5.75 Å². The van der Waals surface area contributed by atoms with E-state index in [4.69, 9.17) is 16.0 Å². The van der Waals surface area contributed by atoms with Crippen LogP contribution in [-0.4, -0.2) is 27.3 Å². The van der Waals surface area contributed by atoms with Crippen molar-refractivity contribution >= 4 is 52.4 Å². The summed E-state index contributed by atoms with van der Waals surface area (Å²) in [5.74, 6) is 0.507. The topological polar surface area (TPSA) is 130 Å². The maximum Gasteiger partial charge on any atom is 0.270 e. The quantitative estimate of drug-likeness (QED) is 0.239. The van der Waals surface area contributed by atoms with Gasteiger partial charge in [-0.1, -0.05) is 23.7 Å². The average molecular weight is 469 g/mol. The number of nitrogens with zero attached hydrogens (tertiary/aromatic N) is 3. The number of benzene rings is 2. The molecule has 0 saturated carbocycles. The number of para-hydroxylation sites is 1. The zero-order valence-corrected chi connectivity index (χ0v) is 17.6. The van der Waals surface area contributed by atoms with Crippen LogP contribution < -0.4 is 5.32 Å². The Morgan fingerprint density at radius 1 is 1.19 bits per heavy atom. The number of hydrogen-bond donors (Lipinski definition) is 2. The number of carbonyl (C=O) groups excluding carboxylic acids is 1. The zero-order valence-electron chi connectivity index (χ0n) is 16.1. The molecule has 1 saturated heterocycles. The lowest BCUT2D eigenvalue weighted by atomic mass is 10.1. The van der Waals surface area contributed by atoms with E-state index in [9.17, 15) is 20.0 Å². The van der Waals surface area contributed by atoms with Crippen molar-refractivity contribution in [3.63, 3.8) is 0 Å². The van der Waals surface area contributed by atoms with Crippen LogP contribution in [0, 0.1) is 10.1 Å². The maximum absolute atomic E-state index is 12.2. The minimum Gasteiger partial charge on any atom is -0.507 e. The number of halogens is 1. The standard InChI is InChI=1S/C21H13ClN4O5S/c22-16-9-13(26(29)30)5-7-15(16)18-8-6-14(31-18)10-19-20(28)24-21(32-19)25-23-11-12-3-1-2-4-17(12)27/h1-11,27H,(H,24,25,28). The second-order valence-corrected chi connectivity index (χ2v) is 7.83. The molecule has 3 aromatic rings. The Bertz CT molecular complexity index is 1320. The zero-order chi connectivity index (χ0) is 22.7. The monoisotopic (exact) mass is 468 g/mol. The molecule has 11 heteroatoms. The van der Waals surface area contributed by atoms with E-state index in [1.807, 2.05) is 0 Å². The number of nitro groups is 1. The summed E-state index contributed by atoms with van der Waals surface area (Å²) in [6, 6.07) is 14.0. The molecule has 0 radical (unpaired) electrons. The van der Waals surface area contributed by atoms with Gasteiger partial charge in [-0.3, -0.25) is 20.2 Å². The molecule has 0 atom stereocenters. The van der Waals surface area contributed by atoms with Gasteiger partial charge in [-0.25, -0.2) is 0 Å². The highest BCUT2D eigenvalue weighted by Gasteiger charge is 2.24. The molecule has 0 bridgehead atoms. The third-order valence-electron chi connectivity index (χ3n) is 4.26. The highest BCUT2D eigenvalue weighted by atomic mass is 35.5. The Morgan fingerprint density at radius 2 is 2.00 bits per heavy atom. The van der Waals surface area contributed by atoms with Crippen LogP contribution >= 0.6 is 23.4 Å². The Hall–Kier alpha value is -3.89. The van der Waals surface area contributed by atoms with Gasteiger partial charge < -0.3 is 9.52 Å². The van der Waals surface area contributed by atoms with Crippen molar-refractivity contribution in [2.24, 2.45) is 10.2 Å². The summed E-state index contributed by atoms with van der Waals surface area (Å²) < 4.78 is 5.73. The number of phenols is 1. The van der Waals surface area contributed by atoms with Gasteiger partial charge in [0.15, 0.2) is 5.17 Å². The lowest BCUT2D eigenvalue weighted by molar-refractivity contribution is -0.384. The molecular weight excluding hydrogens is 456 g/mol. The lowest BCUT2D eigenvalue weighted by Crippen LogP contribution is -2.19. The second kappa shape index (κ2) is 9.08. The third kappa shape index (κ3) is 4.71. The first-order valence-corrected chi connectivity index (χ1v) is 10.2. The molecule has 1 amide bonds. The van der Waals surface area contributed by atoms with Crippen LogP contribution in [0.25, 0.3) is 17.4 Å². The number of amidine groups is 1. The van der Waals surface area contributed by atoms with Crippen LogP contribution in [0.2, 0.25) is 5.02 Å². The minimum absolute atomic E-state index is 0.0712. The Balaban J connectivity index is 1.49. The summed E-state index contributed by atoms with van der Waals surface area (Å²) >= 11 is 7.22. The fraction of sp³-hybridized carbons (Fsp3) is 0. The van der Waals surface area contributed by atoms with Crippen LogP contribution in [-0.2, 0) is 4.79 Å². The first-order valence-electron chi connectivity index (χ1n) is 9.05. The average Bonchev–Trinajstić information content (AvgIpc) is 3.36. The molecule has 2 heterocycles. The van der Waals surface area contributed by atoms with Gasteiger partial charge in [0.25, 0.3) is 11.6 Å². The molecule has 1 aromatic heterocycles. The van der Waals surface area contributed by atoms with Gasteiger partial charge in [0.05, 0.1) is 21.1 Å². The molecule has 1 aliphatic rings. The highest BCUT2D eigenvalue weighted by Crippen LogP contribution is 2.33. The third-order valence-corrected chi connectivity index (χ3v) is 5.48. The number of aromatic hydroxyl groups is 1. The van der Waals surface area contributed by atoms with E-state index in [1.165, 1.54) is 36.6 Å². The van der Waals surface area contributed by atoms with E-state index in [0.29, 0.717) is 27.6 Å². The SMILES string of the molecule is O=C1NC(=NN=Cc2ccccc2O)SC1=Cc1ccc(-c2ccc([N+](=O)[O-])cc2Cl)o1. The molecule has 1 fully saturated rings. The van der Waals surface area contributed by atoms with Gasteiger partial charge >= 0.3 is 0 Å². The van der Waals surface area contributed by atoms with Crippen molar-refractivity contribution in [2.45, 2.75) is 0 Å². The molecule has 4 rings (SSSR count). The van der Waals surface area contributed by atoms with Crippen molar-refractivity contribution in [2.75, 3.05) is 0 Å². The van der Waals surface area contributed by atoms with Crippen LogP contribution in [0.15, 0.2) is 74.1 Å². The molecule has 0 aliphatic carbocycles. The van der Waals surface area contributed by atoms with Crippen molar-refractivity contribution in [1.82, 2.24) is 5.32 Å². The van der Waals surface area contributed by atoms with E-state index >= 15 is 0 Å². The van der Waals surface area contributed by atoms with Crippen LogP contribution in [0.3, 0.4) is 0 Å². The van der Waals surface area contributed by atoms with Gasteiger partial charge in [0, 0.05) is 29.3 Å². The number of nitrogens with one attached hydrogen (secondary N) is 1. The van der Waals surface area contributed by atoms with E-state index in [1.54, 1.807) is 30.3 Å². The van der Waals surface area contributed by atoms with E-state index < -0.39 is 4.92 Å². The predicted molar refractivity (Wildman–Crippen MR) is 123 cm³/mol. The number of amides is 1. The number of nitro benzene ring substituents is 1. The van der Waals surface area contributed by atoms with Gasteiger partial charge in [0.1, 0.15) is 17.3 Å². The smallest absolute Gasteiger partial charge is 0.270 e. The number of rotatable bonds is 5. The summed E-state index contributed by atoms with van der Waals surface area (Å²) in [7, 11) is 0. The molecule has 1 aliphatic heterocycles. The predicted octanol–water partition coefficient (Wildman–Crippen LogP) is 4.81. The van der Waals surface area contributed by atoms with Gasteiger partial charge in [-0.2, -0.15) is 5.10 Å². The molecule has 0 spiro atoms. The summed E-state index contributed by atoms with van der Waals surface area (Å²) in [5, 5.41) is 31.5. The van der Waals surface area contributed by atoms with Gasteiger partial charge in [-0.05, 0) is 42.1 Å². The van der Waals surface area contributed by atoms with E-state index in [-0.39, 0.29) is 27.5 Å². The molecule has 0 unspecified atom stereocenters. The number of hydrogen-bond acceptors (Lipinski definition) is 8. The maximum atomic E-state index is 12.2. The number of non-ortho nitro benzene ring substituents is 1. The Kier molecular flexibility index (Phi) is 6.06. The summed E-state index contributed by atoms with van der Waals surface area (Å²) in [6.45, 7) is 0. The summed E-state index contributed by atoms with van der Waals surface area (Å²) in [4.78, 5) is 22.9. The number of carbonyl (C=O) groups is 1. The Morgan fingerprint density at radius 3 is 2.75 bits per heavy atom. The lowest BCUT2D eigenvalue weighted by Gasteiger charge is -2.00. The summed E-state index contributed by atoms with van der Waals surface area (Å²) in [5.41, 5.74) is 0.866. The fourth-order valence-corrected chi connectivity index (χ4v) is 3.76. The van der Waals surface area contributed by atoms with Gasteiger partial charge in [-0.15, -0.1) is 5.10 Å². The molecule has 2 aromatic carbocycles. The van der Waals surface area contributed by atoms with Crippen molar-refractivity contribution in [3.8, 4) is 17.1 Å². The first-order chi connectivity index (χ1) is 15.4. The minimum atomic E-state index is -0.532. The molecule has 160 valence electrons. The fourth-order valence-electron chi connectivity index (χ4n) is 2.74. The highest BCUT2D eigenvalue weighted by molar-refractivity contribution is 8.18. The Labute approximate surface area is 190 Å². The van der Waals surface area contributed by atoms with E-state index in [0.717, 1.165) is 11.8 Å². The molecule has 2 N–H and O–H groups in total. The number of phenolic OH excluding ortho intramolecular Hbond substituents is 1. The normalized spacial score (nSPS) is 16.2. The largest absolute Gasteiger partial charge is 0.507 e. The number of thioether (sulfide) groups is 1. The molecule has 9 nitrogen and oxygen atoms in total. The summed E-state index contributed by atoms with van der Waals surface area (Å²) in [6.07, 6.45) is 2.92. The first kappa shape index (κ1) is 21.3. The second-order valence-electron chi connectivity index (χ2n) is 6.40. The van der Waals surface area contributed by atoms with Crippen molar-refractivity contribution in [3.05, 3.63) is 86.0 Å². The van der Waals surface area contributed by atoms with Crippen LogP contribution in [0.1, 0.15) is 11.3 Å². The molecular formula is C21H13ClN4O5S. The van der Waals surface area contributed by atoms with Gasteiger partial charge in [0.2, 0.25) is 0 Å². The van der Waals surface area contributed by atoms with Crippen molar-refractivity contribution < 1.29 is 19.2 Å². The molecule has 32 heavy (non-hydrogen) atoms.